The van der Waals surface area contributed by atoms with Gasteiger partial charge in [-0.3, -0.25) is 0 Å². The predicted molar refractivity (Wildman–Crippen MR) is 74.7 cm³/mol. The summed E-state index contributed by atoms with van der Waals surface area (Å²) in [5.41, 5.74) is 3.22. The molecule has 0 saturated heterocycles. The van der Waals surface area contributed by atoms with E-state index < -0.39 is 0 Å². The third kappa shape index (κ3) is 3.55. The van der Waals surface area contributed by atoms with Crippen LogP contribution in [0.15, 0.2) is 42.5 Å². The molecule has 19 heavy (non-hydrogen) atoms. The number of nitrogens with one attached hydrogen (secondary N) is 1. The molecule has 0 atom stereocenters. The van der Waals surface area contributed by atoms with Crippen molar-refractivity contribution in [3.8, 4) is 5.75 Å². The number of benzene rings is 2. The van der Waals surface area contributed by atoms with Crippen LogP contribution >= 0.6 is 0 Å². The summed E-state index contributed by atoms with van der Waals surface area (Å²) in [5.74, 6) is -0.0176. The smallest absolute Gasteiger partial charge is 0.165 e. The Morgan fingerprint density at radius 1 is 1.11 bits per heavy atom. The van der Waals surface area contributed by atoms with Gasteiger partial charge in [-0.15, -0.1) is 0 Å². The van der Waals surface area contributed by atoms with Gasteiger partial charge in [-0.25, -0.2) is 4.39 Å². The molecule has 0 aliphatic rings. The summed E-state index contributed by atoms with van der Waals surface area (Å²) in [6.07, 6.45) is 0. The van der Waals surface area contributed by atoms with Crippen LogP contribution in [0.25, 0.3) is 0 Å². The topological polar surface area (TPSA) is 21.3 Å². The minimum absolute atomic E-state index is 0.305. The van der Waals surface area contributed by atoms with Crippen LogP contribution in [-0.4, -0.2) is 7.05 Å². The number of aryl methyl sites for hydroxylation is 1. The Balaban J connectivity index is 2.12. The Hall–Kier alpha value is -1.87. The predicted octanol–water partition coefficient (Wildman–Crippen LogP) is 3.43. The molecule has 0 saturated carbocycles. The van der Waals surface area contributed by atoms with Crippen molar-refractivity contribution in [2.45, 2.75) is 20.1 Å². The molecule has 2 rings (SSSR count). The zero-order chi connectivity index (χ0) is 13.7. The highest BCUT2D eigenvalue weighted by molar-refractivity contribution is 5.31. The molecule has 1 N–H and O–H groups in total. The van der Waals surface area contributed by atoms with Crippen molar-refractivity contribution in [3.63, 3.8) is 0 Å². The number of rotatable bonds is 5. The maximum atomic E-state index is 13.6. The van der Waals surface area contributed by atoms with E-state index in [-0.39, 0.29) is 5.82 Å². The molecule has 0 unspecified atom stereocenters. The van der Waals surface area contributed by atoms with Crippen LogP contribution in [0.3, 0.4) is 0 Å². The molecule has 0 fully saturated rings. The van der Waals surface area contributed by atoms with Crippen LogP contribution in [0.1, 0.15) is 16.7 Å². The second kappa shape index (κ2) is 6.34. The lowest BCUT2D eigenvalue weighted by Crippen LogP contribution is -2.09. The van der Waals surface area contributed by atoms with E-state index in [0.717, 1.165) is 23.2 Å². The minimum Gasteiger partial charge on any atom is -0.486 e. The van der Waals surface area contributed by atoms with E-state index in [9.17, 15) is 4.39 Å². The summed E-state index contributed by atoms with van der Waals surface area (Å²) in [6, 6.07) is 12.9. The molecular formula is C16H18FNO. The van der Waals surface area contributed by atoms with Crippen LogP contribution in [0, 0.1) is 12.7 Å². The first-order valence-electron chi connectivity index (χ1n) is 6.31. The minimum atomic E-state index is -0.323. The quantitative estimate of drug-likeness (QED) is 0.888. The highest BCUT2D eigenvalue weighted by Crippen LogP contribution is 2.20. The van der Waals surface area contributed by atoms with Crippen LogP contribution in [0.4, 0.5) is 4.39 Å². The first-order chi connectivity index (χ1) is 9.20. The largest absolute Gasteiger partial charge is 0.486 e. The number of hydrogen-bond donors (Lipinski definition) is 1. The molecule has 0 spiro atoms. The molecule has 0 amide bonds. The van der Waals surface area contributed by atoms with E-state index in [0.29, 0.717) is 12.4 Å². The summed E-state index contributed by atoms with van der Waals surface area (Å²) in [5, 5.41) is 3.11. The normalized spacial score (nSPS) is 10.5. The van der Waals surface area contributed by atoms with Crippen LogP contribution in [0.2, 0.25) is 0 Å². The van der Waals surface area contributed by atoms with E-state index in [2.05, 4.69) is 5.32 Å². The first-order valence-corrected chi connectivity index (χ1v) is 6.31. The maximum Gasteiger partial charge on any atom is 0.165 e. The van der Waals surface area contributed by atoms with E-state index in [4.69, 9.17) is 4.74 Å². The number of halogens is 1. The maximum absolute atomic E-state index is 13.6. The fraction of sp³-hybridized carbons (Fsp3) is 0.250. The Labute approximate surface area is 113 Å². The molecule has 2 aromatic carbocycles. The first kappa shape index (κ1) is 13.6. The molecule has 0 radical (unpaired) electrons. The molecule has 2 aromatic rings. The Morgan fingerprint density at radius 2 is 1.84 bits per heavy atom. The zero-order valence-corrected chi connectivity index (χ0v) is 11.2. The van der Waals surface area contributed by atoms with Gasteiger partial charge in [-0.05, 0) is 42.8 Å². The fourth-order valence-electron chi connectivity index (χ4n) is 1.94. The SMILES string of the molecule is CNCc1ccccc1COc1cc(C)ccc1F. The Morgan fingerprint density at radius 3 is 2.58 bits per heavy atom. The molecular weight excluding hydrogens is 241 g/mol. The van der Waals surface area contributed by atoms with E-state index in [1.807, 2.05) is 38.2 Å². The summed E-state index contributed by atoms with van der Waals surface area (Å²) in [7, 11) is 1.90. The lowest BCUT2D eigenvalue weighted by atomic mass is 10.1. The average Bonchev–Trinajstić information content (AvgIpc) is 2.42. The highest BCUT2D eigenvalue weighted by Gasteiger charge is 2.06. The highest BCUT2D eigenvalue weighted by atomic mass is 19.1. The molecule has 0 aromatic heterocycles. The van der Waals surface area contributed by atoms with Crippen molar-refractivity contribution >= 4 is 0 Å². The van der Waals surface area contributed by atoms with Gasteiger partial charge in [0.25, 0.3) is 0 Å². The molecule has 0 aliphatic carbocycles. The second-order valence-electron chi connectivity index (χ2n) is 4.52. The van der Waals surface area contributed by atoms with E-state index >= 15 is 0 Å². The monoisotopic (exact) mass is 259 g/mol. The third-order valence-electron chi connectivity index (χ3n) is 2.96. The zero-order valence-electron chi connectivity index (χ0n) is 11.2. The molecule has 3 heteroatoms. The van der Waals surface area contributed by atoms with E-state index in [1.54, 1.807) is 12.1 Å². The van der Waals surface area contributed by atoms with Gasteiger partial charge in [-0.2, -0.15) is 0 Å². The Kier molecular flexibility index (Phi) is 4.53. The molecule has 0 bridgehead atoms. The number of ether oxygens (including phenoxy) is 1. The van der Waals surface area contributed by atoms with Gasteiger partial charge in [0.05, 0.1) is 0 Å². The van der Waals surface area contributed by atoms with Gasteiger partial charge < -0.3 is 10.1 Å². The van der Waals surface area contributed by atoms with Gasteiger partial charge in [0, 0.05) is 6.54 Å². The van der Waals surface area contributed by atoms with Gasteiger partial charge in [-0.1, -0.05) is 30.3 Å². The average molecular weight is 259 g/mol. The van der Waals surface area contributed by atoms with Crippen molar-refractivity contribution in [2.24, 2.45) is 0 Å². The van der Waals surface area contributed by atoms with Crippen molar-refractivity contribution in [3.05, 3.63) is 65.0 Å². The van der Waals surface area contributed by atoms with Crippen LogP contribution in [-0.2, 0) is 13.2 Å². The third-order valence-corrected chi connectivity index (χ3v) is 2.96. The van der Waals surface area contributed by atoms with Crippen LogP contribution < -0.4 is 10.1 Å². The number of hydrogen-bond acceptors (Lipinski definition) is 2. The van der Waals surface area contributed by atoms with Gasteiger partial charge in [0.1, 0.15) is 6.61 Å². The van der Waals surface area contributed by atoms with Crippen molar-refractivity contribution < 1.29 is 9.13 Å². The van der Waals surface area contributed by atoms with Crippen molar-refractivity contribution in [2.75, 3.05) is 7.05 Å². The van der Waals surface area contributed by atoms with Gasteiger partial charge in [0.2, 0.25) is 0 Å². The molecule has 2 nitrogen and oxygen atoms in total. The molecule has 0 aliphatic heterocycles. The van der Waals surface area contributed by atoms with Gasteiger partial charge in [0.15, 0.2) is 11.6 Å². The standard InChI is InChI=1S/C16H18FNO/c1-12-7-8-15(17)16(9-12)19-11-14-6-4-3-5-13(14)10-18-2/h3-9,18H,10-11H2,1-2H3. The van der Waals surface area contributed by atoms with Crippen molar-refractivity contribution in [1.29, 1.82) is 0 Å². The second-order valence-corrected chi connectivity index (χ2v) is 4.52. The van der Waals surface area contributed by atoms with E-state index in [1.165, 1.54) is 6.07 Å². The lowest BCUT2D eigenvalue weighted by molar-refractivity contribution is 0.289. The summed E-state index contributed by atoms with van der Waals surface area (Å²) >= 11 is 0. The van der Waals surface area contributed by atoms with Crippen LogP contribution in [0.5, 0.6) is 5.75 Å². The lowest BCUT2D eigenvalue weighted by Gasteiger charge is -2.11. The summed E-state index contributed by atoms with van der Waals surface area (Å²) in [6.45, 7) is 3.06. The summed E-state index contributed by atoms with van der Waals surface area (Å²) in [4.78, 5) is 0. The molecule has 100 valence electrons. The fourth-order valence-corrected chi connectivity index (χ4v) is 1.94. The van der Waals surface area contributed by atoms with Crippen molar-refractivity contribution in [1.82, 2.24) is 5.32 Å². The van der Waals surface area contributed by atoms with Gasteiger partial charge >= 0.3 is 0 Å². The molecule has 0 heterocycles. The Bertz CT molecular complexity index is 554. The summed E-state index contributed by atoms with van der Waals surface area (Å²) < 4.78 is 19.2.